The molecule has 1 aromatic rings. The van der Waals surface area contributed by atoms with E-state index >= 15 is 0 Å². The van der Waals surface area contributed by atoms with E-state index in [9.17, 15) is 9.90 Å². The quantitative estimate of drug-likeness (QED) is 0.183. The lowest BCUT2D eigenvalue weighted by molar-refractivity contribution is -0.153. The number of carbonyl (C=O) groups is 1. The molecule has 6 heteroatoms. The maximum absolute atomic E-state index is 11.6. The largest absolute Gasteiger partial charge is 0.508 e. The first-order valence-electron chi connectivity index (χ1n) is 12.5. The van der Waals surface area contributed by atoms with Crippen LogP contribution in [0.25, 0.3) is 0 Å². The Morgan fingerprint density at radius 1 is 0.875 bits per heavy atom. The smallest absolute Gasteiger partial charge is 0.306 e. The van der Waals surface area contributed by atoms with Gasteiger partial charge in [0.05, 0.1) is 19.8 Å². The molecule has 0 radical (unpaired) electrons. The number of unbranched alkanes of at least 4 members (excludes halogenated alkanes) is 10. The van der Waals surface area contributed by atoms with Gasteiger partial charge in [-0.1, -0.05) is 70.8 Å². The third-order valence-electron chi connectivity index (χ3n) is 5.63. The van der Waals surface area contributed by atoms with E-state index in [1.54, 1.807) is 6.07 Å². The zero-order valence-electron chi connectivity index (χ0n) is 19.9. The molecule has 0 aliphatic heterocycles. The molecule has 0 aromatic heterocycles. The number of phenols is 1. The van der Waals surface area contributed by atoms with Crippen LogP contribution >= 0.6 is 0 Å². The Morgan fingerprint density at radius 3 is 2.16 bits per heavy atom. The summed E-state index contributed by atoms with van der Waals surface area (Å²) in [6.07, 6.45) is 13.6. The molecule has 32 heavy (non-hydrogen) atoms. The Bertz CT molecular complexity index is 600. The molecule has 3 N–H and O–H groups in total. The Labute approximate surface area is 194 Å². The number of esters is 1. The Hall–Kier alpha value is -1.79. The number of rotatable bonds is 20. The molecule has 0 saturated heterocycles. The molecule has 0 fully saturated rings. The number of aliphatic hydroxyl groups is 2. The zero-order chi connectivity index (χ0) is 23.4. The minimum atomic E-state index is -0.795. The second-order valence-electron chi connectivity index (χ2n) is 8.47. The van der Waals surface area contributed by atoms with Crippen LogP contribution in [0.15, 0.2) is 18.2 Å². The molecule has 0 aliphatic rings. The maximum atomic E-state index is 11.6. The highest BCUT2D eigenvalue weighted by atomic mass is 16.6. The van der Waals surface area contributed by atoms with E-state index in [-0.39, 0.29) is 19.2 Å². The Kier molecular flexibility index (Phi) is 16.5. The average molecular weight is 453 g/mol. The first kappa shape index (κ1) is 28.2. The van der Waals surface area contributed by atoms with Crippen molar-refractivity contribution in [1.82, 2.24) is 0 Å². The van der Waals surface area contributed by atoms with E-state index in [1.165, 1.54) is 32.1 Å². The highest BCUT2D eigenvalue weighted by Gasteiger charge is 2.12. The van der Waals surface area contributed by atoms with Gasteiger partial charge in [-0.15, -0.1) is 0 Å². The number of aromatic hydroxyl groups is 1. The van der Waals surface area contributed by atoms with E-state index in [0.29, 0.717) is 18.8 Å². The molecule has 0 unspecified atom stereocenters. The van der Waals surface area contributed by atoms with Crippen LogP contribution in [0.2, 0.25) is 0 Å². The highest BCUT2D eigenvalue weighted by molar-refractivity contribution is 5.69. The Morgan fingerprint density at radius 2 is 1.50 bits per heavy atom. The third kappa shape index (κ3) is 12.9. The summed E-state index contributed by atoms with van der Waals surface area (Å²) in [6.45, 7) is 2.18. The molecular formula is C26H44O6. The molecule has 184 valence electrons. The van der Waals surface area contributed by atoms with Gasteiger partial charge in [0.1, 0.15) is 17.6 Å². The van der Waals surface area contributed by atoms with Crippen LogP contribution in [-0.2, 0) is 16.0 Å². The second kappa shape index (κ2) is 18.8. The van der Waals surface area contributed by atoms with Crippen molar-refractivity contribution in [3.8, 4) is 11.5 Å². The van der Waals surface area contributed by atoms with Crippen molar-refractivity contribution >= 4 is 5.97 Å². The van der Waals surface area contributed by atoms with Crippen molar-refractivity contribution in [1.29, 1.82) is 0 Å². The van der Waals surface area contributed by atoms with Crippen molar-refractivity contribution in [2.75, 3.05) is 19.8 Å². The maximum Gasteiger partial charge on any atom is 0.306 e. The van der Waals surface area contributed by atoms with E-state index in [1.807, 2.05) is 12.1 Å². The summed E-state index contributed by atoms with van der Waals surface area (Å²) in [5, 5.41) is 28.0. The zero-order valence-corrected chi connectivity index (χ0v) is 19.9. The van der Waals surface area contributed by atoms with Gasteiger partial charge < -0.3 is 24.8 Å². The van der Waals surface area contributed by atoms with Crippen LogP contribution in [0.5, 0.6) is 11.5 Å². The molecule has 0 spiro atoms. The van der Waals surface area contributed by atoms with Crippen LogP contribution in [0.1, 0.15) is 96.0 Å². The fourth-order valence-electron chi connectivity index (χ4n) is 3.66. The number of carbonyl (C=O) groups excluding carboxylic acids is 1. The molecular weight excluding hydrogens is 408 g/mol. The summed E-state index contributed by atoms with van der Waals surface area (Å²) < 4.78 is 10.9. The van der Waals surface area contributed by atoms with Crippen LogP contribution in [0.3, 0.4) is 0 Å². The molecule has 1 aromatic carbocycles. The van der Waals surface area contributed by atoms with Gasteiger partial charge in [0.15, 0.2) is 0 Å². The molecule has 1 rings (SSSR count). The van der Waals surface area contributed by atoms with Crippen LogP contribution in [0.4, 0.5) is 0 Å². The van der Waals surface area contributed by atoms with E-state index in [2.05, 4.69) is 6.92 Å². The number of hydrogen-bond acceptors (Lipinski definition) is 6. The average Bonchev–Trinajstić information content (AvgIpc) is 2.79. The minimum absolute atomic E-state index is 0.337. The molecule has 0 atom stereocenters. The monoisotopic (exact) mass is 452 g/mol. The Balaban J connectivity index is 2.05. The van der Waals surface area contributed by atoms with Gasteiger partial charge in [0, 0.05) is 12.0 Å². The summed E-state index contributed by atoms with van der Waals surface area (Å²) in [7, 11) is 0. The lowest BCUT2D eigenvalue weighted by atomic mass is 10.0. The summed E-state index contributed by atoms with van der Waals surface area (Å²) >= 11 is 0. The molecule has 6 nitrogen and oxygen atoms in total. The van der Waals surface area contributed by atoms with E-state index in [4.69, 9.17) is 19.7 Å². The van der Waals surface area contributed by atoms with Crippen LogP contribution < -0.4 is 4.74 Å². The number of hydrogen-bond donors (Lipinski definition) is 3. The highest BCUT2D eigenvalue weighted by Crippen LogP contribution is 2.29. The number of phenolic OH excluding ortho intramolecular Hbond substituents is 1. The lowest BCUT2D eigenvalue weighted by Gasteiger charge is -2.13. The summed E-state index contributed by atoms with van der Waals surface area (Å²) in [5.41, 5.74) is 0.940. The van der Waals surface area contributed by atoms with Gasteiger partial charge in [-0.05, 0) is 37.8 Å². The number of aliphatic hydroxyl groups excluding tert-OH is 2. The SMILES string of the molecule is CCCCCCc1c(O)cccc1OCCCCCCCCCCC(=O)OC(CO)CO. The van der Waals surface area contributed by atoms with Gasteiger partial charge in [-0.2, -0.15) is 0 Å². The predicted molar refractivity (Wildman–Crippen MR) is 127 cm³/mol. The molecule has 0 amide bonds. The number of benzene rings is 1. The van der Waals surface area contributed by atoms with Crippen LogP contribution in [-0.4, -0.2) is 47.2 Å². The molecule has 0 aliphatic carbocycles. The van der Waals surface area contributed by atoms with Gasteiger partial charge in [-0.3, -0.25) is 4.79 Å². The van der Waals surface area contributed by atoms with E-state index < -0.39 is 6.10 Å². The van der Waals surface area contributed by atoms with Crippen molar-refractivity contribution < 1.29 is 29.6 Å². The third-order valence-corrected chi connectivity index (χ3v) is 5.63. The standard InChI is InChI=1S/C26H44O6/c1-2-3-4-11-15-23-24(29)16-14-17-25(23)31-19-13-10-8-6-5-7-9-12-18-26(30)32-22(20-27)21-28/h14,16-17,22,27-29H,2-13,15,18-21H2,1H3. The van der Waals surface area contributed by atoms with Crippen molar-refractivity contribution in [3.63, 3.8) is 0 Å². The first-order valence-corrected chi connectivity index (χ1v) is 12.5. The fraction of sp³-hybridized carbons (Fsp3) is 0.731. The predicted octanol–water partition coefficient (Wildman–Crippen LogP) is 5.30. The first-order chi connectivity index (χ1) is 15.6. The van der Waals surface area contributed by atoms with Crippen molar-refractivity contribution in [2.45, 2.75) is 103 Å². The van der Waals surface area contributed by atoms with Crippen molar-refractivity contribution in [3.05, 3.63) is 23.8 Å². The fourth-order valence-corrected chi connectivity index (χ4v) is 3.66. The topological polar surface area (TPSA) is 96.2 Å². The summed E-state index contributed by atoms with van der Waals surface area (Å²) in [5.74, 6) is 0.812. The minimum Gasteiger partial charge on any atom is -0.508 e. The van der Waals surface area contributed by atoms with Gasteiger partial charge >= 0.3 is 5.97 Å². The van der Waals surface area contributed by atoms with E-state index in [0.717, 1.165) is 62.7 Å². The van der Waals surface area contributed by atoms with Gasteiger partial charge in [0.25, 0.3) is 0 Å². The molecule has 0 saturated carbocycles. The molecule has 0 bridgehead atoms. The lowest BCUT2D eigenvalue weighted by Crippen LogP contribution is -2.25. The molecule has 0 heterocycles. The normalized spacial score (nSPS) is 11.1. The van der Waals surface area contributed by atoms with Crippen molar-refractivity contribution in [2.24, 2.45) is 0 Å². The summed E-state index contributed by atoms with van der Waals surface area (Å²) in [6, 6.07) is 5.54. The van der Waals surface area contributed by atoms with Crippen LogP contribution in [0, 0.1) is 0 Å². The van der Waals surface area contributed by atoms with Gasteiger partial charge in [-0.25, -0.2) is 0 Å². The summed E-state index contributed by atoms with van der Waals surface area (Å²) in [4.78, 5) is 11.6. The second-order valence-corrected chi connectivity index (χ2v) is 8.47. The van der Waals surface area contributed by atoms with Gasteiger partial charge in [0.2, 0.25) is 0 Å². The number of ether oxygens (including phenoxy) is 2.